The lowest BCUT2D eigenvalue weighted by molar-refractivity contribution is -0.121. The molecule has 1 aliphatic carbocycles. The highest BCUT2D eigenvalue weighted by molar-refractivity contribution is 6.37. The van der Waals surface area contributed by atoms with Gasteiger partial charge in [-0.25, -0.2) is 0 Å². The molecule has 1 aromatic rings. The first-order valence-corrected chi connectivity index (χ1v) is 6.70. The van der Waals surface area contributed by atoms with E-state index in [0.717, 1.165) is 36.9 Å². The fourth-order valence-electron chi connectivity index (χ4n) is 3.09. The lowest BCUT2D eigenvalue weighted by Gasteiger charge is -2.31. The third kappa shape index (κ3) is 1.58. The Morgan fingerprint density at radius 2 is 1.82 bits per heavy atom. The topological polar surface area (TPSA) is 29.1 Å². The van der Waals surface area contributed by atoms with Crippen LogP contribution in [0, 0.1) is 0 Å². The molecule has 3 rings (SSSR count). The van der Waals surface area contributed by atoms with Crippen LogP contribution in [0.3, 0.4) is 0 Å². The average Bonchev–Trinajstić information content (AvgIpc) is 2.56. The number of amides is 1. The van der Waals surface area contributed by atoms with E-state index in [1.807, 2.05) is 6.07 Å². The molecule has 0 saturated heterocycles. The second-order valence-corrected chi connectivity index (χ2v) is 5.75. The van der Waals surface area contributed by atoms with Gasteiger partial charge in [-0.1, -0.05) is 42.5 Å². The predicted octanol–water partition coefficient (Wildman–Crippen LogP) is 4.15. The molecule has 0 radical (unpaired) electrons. The van der Waals surface area contributed by atoms with Crippen molar-refractivity contribution in [1.82, 2.24) is 0 Å². The third-order valence-electron chi connectivity index (χ3n) is 3.95. The zero-order chi connectivity index (χ0) is 12.0. The molecule has 0 bridgehead atoms. The Hall–Kier alpha value is -0.730. The maximum absolute atomic E-state index is 12.3. The summed E-state index contributed by atoms with van der Waals surface area (Å²) >= 11 is 12.2. The van der Waals surface area contributed by atoms with Gasteiger partial charge in [0.25, 0.3) is 0 Å². The summed E-state index contributed by atoms with van der Waals surface area (Å²) in [6, 6.07) is 3.58. The first-order valence-electron chi connectivity index (χ1n) is 5.94. The van der Waals surface area contributed by atoms with Crippen LogP contribution in [0.15, 0.2) is 12.1 Å². The van der Waals surface area contributed by atoms with E-state index in [1.165, 1.54) is 6.42 Å². The Morgan fingerprint density at radius 1 is 1.12 bits per heavy atom. The van der Waals surface area contributed by atoms with Gasteiger partial charge in [-0.2, -0.15) is 0 Å². The smallest absolute Gasteiger partial charge is 0.235 e. The van der Waals surface area contributed by atoms with Gasteiger partial charge in [0.2, 0.25) is 5.91 Å². The molecule has 0 atom stereocenters. The van der Waals surface area contributed by atoms with Gasteiger partial charge in [-0.3, -0.25) is 4.79 Å². The van der Waals surface area contributed by atoms with Gasteiger partial charge in [0.1, 0.15) is 0 Å². The molecule has 1 fully saturated rings. The molecule has 1 aromatic carbocycles. The molecule has 1 saturated carbocycles. The van der Waals surface area contributed by atoms with E-state index >= 15 is 0 Å². The van der Waals surface area contributed by atoms with Crippen LogP contribution in [0.25, 0.3) is 0 Å². The molecular formula is C13H13Cl2NO. The summed E-state index contributed by atoms with van der Waals surface area (Å²) in [6.07, 6.45) is 5.21. The highest BCUT2D eigenvalue weighted by Crippen LogP contribution is 2.50. The van der Waals surface area contributed by atoms with Crippen molar-refractivity contribution in [2.24, 2.45) is 0 Å². The highest BCUT2D eigenvalue weighted by Gasteiger charge is 2.47. The van der Waals surface area contributed by atoms with Gasteiger partial charge in [-0.15, -0.1) is 0 Å². The molecule has 0 aromatic heterocycles. The summed E-state index contributed by atoms with van der Waals surface area (Å²) in [5, 5.41) is 4.08. The molecule has 90 valence electrons. The molecule has 1 heterocycles. The van der Waals surface area contributed by atoms with Crippen LogP contribution in [0.1, 0.15) is 37.7 Å². The Balaban J connectivity index is 2.18. The number of fused-ring (bicyclic) bond motifs is 2. The van der Waals surface area contributed by atoms with E-state index in [1.54, 1.807) is 6.07 Å². The van der Waals surface area contributed by atoms with E-state index < -0.39 is 0 Å². The Bertz CT molecular complexity index is 492. The largest absolute Gasteiger partial charge is 0.324 e. The van der Waals surface area contributed by atoms with Crippen molar-refractivity contribution in [2.75, 3.05) is 5.32 Å². The quantitative estimate of drug-likeness (QED) is 0.754. The van der Waals surface area contributed by atoms with E-state index in [9.17, 15) is 4.79 Å². The van der Waals surface area contributed by atoms with Crippen molar-refractivity contribution in [1.29, 1.82) is 0 Å². The summed E-state index contributed by atoms with van der Waals surface area (Å²) < 4.78 is 0. The van der Waals surface area contributed by atoms with Crippen molar-refractivity contribution < 1.29 is 4.79 Å². The molecule has 1 amide bonds. The number of rotatable bonds is 0. The number of nitrogens with one attached hydrogen (secondary N) is 1. The van der Waals surface area contributed by atoms with Gasteiger partial charge >= 0.3 is 0 Å². The number of hydrogen-bond donors (Lipinski definition) is 1. The number of carbonyl (C=O) groups excluding carboxylic acids is 1. The van der Waals surface area contributed by atoms with Crippen LogP contribution in [-0.4, -0.2) is 5.91 Å². The van der Waals surface area contributed by atoms with E-state index in [4.69, 9.17) is 23.2 Å². The fourth-order valence-corrected chi connectivity index (χ4v) is 3.63. The second-order valence-electron chi connectivity index (χ2n) is 4.91. The molecule has 2 nitrogen and oxygen atoms in total. The number of halogens is 2. The lowest BCUT2D eigenvalue weighted by atomic mass is 9.70. The third-order valence-corrected chi connectivity index (χ3v) is 4.47. The zero-order valence-corrected chi connectivity index (χ0v) is 10.9. The number of carbonyl (C=O) groups is 1. The van der Waals surface area contributed by atoms with Gasteiger partial charge < -0.3 is 5.32 Å². The maximum atomic E-state index is 12.3. The van der Waals surface area contributed by atoms with Crippen LogP contribution in [-0.2, 0) is 10.2 Å². The van der Waals surface area contributed by atoms with Crippen molar-refractivity contribution >= 4 is 34.8 Å². The summed E-state index contributed by atoms with van der Waals surface area (Å²) in [4.78, 5) is 12.3. The van der Waals surface area contributed by atoms with Gasteiger partial charge in [-0.05, 0) is 30.5 Å². The van der Waals surface area contributed by atoms with Crippen LogP contribution in [0.2, 0.25) is 10.0 Å². The van der Waals surface area contributed by atoms with Crippen molar-refractivity contribution in [3.8, 4) is 0 Å². The minimum absolute atomic E-state index is 0.0939. The van der Waals surface area contributed by atoms with Crippen LogP contribution in [0.5, 0.6) is 0 Å². The minimum Gasteiger partial charge on any atom is -0.324 e. The first kappa shape index (κ1) is 11.4. The van der Waals surface area contributed by atoms with E-state index in [0.29, 0.717) is 10.0 Å². The predicted molar refractivity (Wildman–Crippen MR) is 69.9 cm³/mol. The normalized spacial score (nSPS) is 21.4. The van der Waals surface area contributed by atoms with E-state index in [2.05, 4.69) is 5.32 Å². The fraction of sp³-hybridized carbons (Fsp3) is 0.462. The van der Waals surface area contributed by atoms with Crippen LogP contribution >= 0.6 is 23.2 Å². The molecule has 0 unspecified atom stereocenters. The Morgan fingerprint density at radius 3 is 2.53 bits per heavy atom. The lowest BCUT2D eigenvalue weighted by Crippen LogP contribution is -2.36. The van der Waals surface area contributed by atoms with Crippen LogP contribution < -0.4 is 5.32 Å². The van der Waals surface area contributed by atoms with Gasteiger partial charge in [0.15, 0.2) is 0 Å². The SMILES string of the molecule is O=C1Nc2c(Cl)cc(Cl)cc2C12CCCCC2. The summed E-state index contributed by atoms with van der Waals surface area (Å²) in [5.41, 5.74) is 1.39. The molecule has 4 heteroatoms. The van der Waals surface area contributed by atoms with Crippen molar-refractivity contribution in [3.05, 3.63) is 27.7 Å². The molecule has 1 N–H and O–H groups in total. The van der Waals surface area contributed by atoms with Gasteiger partial charge in [0.05, 0.1) is 16.1 Å². The average molecular weight is 270 g/mol. The van der Waals surface area contributed by atoms with E-state index in [-0.39, 0.29) is 11.3 Å². The standard InChI is InChI=1S/C13H13Cl2NO/c14-8-6-9-11(10(15)7-8)16-12(17)13(9)4-2-1-3-5-13/h6-7H,1-5H2,(H,16,17). The number of hydrogen-bond acceptors (Lipinski definition) is 1. The van der Waals surface area contributed by atoms with Crippen LogP contribution in [0.4, 0.5) is 5.69 Å². The highest BCUT2D eigenvalue weighted by atomic mass is 35.5. The summed E-state index contributed by atoms with van der Waals surface area (Å²) in [5.74, 6) is 0.0939. The molecule has 1 aliphatic heterocycles. The monoisotopic (exact) mass is 269 g/mol. The molecule has 17 heavy (non-hydrogen) atoms. The summed E-state index contributed by atoms with van der Waals surface area (Å²) in [7, 11) is 0. The Labute approximate surface area is 110 Å². The Kier molecular flexibility index (Phi) is 2.60. The molecule has 1 spiro atoms. The zero-order valence-electron chi connectivity index (χ0n) is 9.35. The number of benzene rings is 1. The van der Waals surface area contributed by atoms with Gasteiger partial charge in [0, 0.05) is 5.02 Å². The van der Waals surface area contributed by atoms with Crippen molar-refractivity contribution in [3.63, 3.8) is 0 Å². The molecular weight excluding hydrogens is 257 g/mol. The summed E-state index contributed by atoms with van der Waals surface area (Å²) in [6.45, 7) is 0. The maximum Gasteiger partial charge on any atom is 0.235 e. The van der Waals surface area contributed by atoms with Crippen molar-refractivity contribution in [2.45, 2.75) is 37.5 Å². The second kappa shape index (κ2) is 3.89. The first-order chi connectivity index (χ1) is 8.13. The molecule has 2 aliphatic rings. The number of anilines is 1. The minimum atomic E-state index is -0.373.